The minimum atomic E-state index is 0.153. The van der Waals surface area contributed by atoms with Crippen molar-refractivity contribution in [2.45, 2.75) is 19.3 Å². The average Bonchev–Trinajstić information content (AvgIpc) is 2.90. The third kappa shape index (κ3) is 2.32. The van der Waals surface area contributed by atoms with Gasteiger partial charge >= 0.3 is 0 Å². The van der Waals surface area contributed by atoms with E-state index in [9.17, 15) is 4.79 Å². The van der Waals surface area contributed by atoms with E-state index in [1.807, 2.05) is 18.2 Å². The van der Waals surface area contributed by atoms with E-state index in [-0.39, 0.29) is 5.78 Å². The number of hydrogen-bond donors (Lipinski definition) is 0. The molecule has 2 fully saturated rings. The fraction of sp³-hybridized carbons (Fsp3) is 0.533. The van der Waals surface area contributed by atoms with Crippen molar-refractivity contribution < 1.29 is 4.79 Å². The number of benzene rings is 1. The zero-order valence-corrected chi connectivity index (χ0v) is 11.2. The lowest BCUT2D eigenvalue weighted by molar-refractivity contribution is 0.0941. The number of ketones is 1. The predicted molar refractivity (Wildman–Crippen MR) is 73.1 cm³/mol. The second kappa shape index (κ2) is 5.02. The van der Waals surface area contributed by atoms with Crippen molar-refractivity contribution in [2.75, 3.05) is 19.6 Å². The van der Waals surface area contributed by atoms with Crippen molar-refractivity contribution in [3.05, 3.63) is 34.9 Å². The Morgan fingerprint density at radius 2 is 1.89 bits per heavy atom. The number of halogens is 1. The van der Waals surface area contributed by atoms with Crippen molar-refractivity contribution in [1.82, 2.24) is 4.90 Å². The first kappa shape index (κ1) is 12.2. The highest BCUT2D eigenvalue weighted by atomic mass is 35.5. The average molecular weight is 264 g/mol. The first-order valence-corrected chi connectivity index (χ1v) is 7.12. The Hall–Kier alpha value is -0.860. The van der Waals surface area contributed by atoms with Gasteiger partial charge in [0.25, 0.3) is 0 Å². The summed E-state index contributed by atoms with van der Waals surface area (Å²) in [6.45, 7) is 2.72. The van der Waals surface area contributed by atoms with Gasteiger partial charge in [-0.25, -0.2) is 0 Å². The van der Waals surface area contributed by atoms with Crippen LogP contribution in [0.4, 0.5) is 0 Å². The molecule has 3 rings (SSSR count). The summed E-state index contributed by atoms with van der Waals surface area (Å²) in [5, 5.41) is 0.571. The largest absolute Gasteiger partial charge is 0.295 e. The van der Waals surface area contributed by atoms with Crippen LogP contribution in [-0.4, -0.2) is 30.3 Å². The van der Waals surface area contributed by atoms with E-state index in [2.05, 4.69) is 4.90 Å². The quantitative estimate of drug-likeness (QED) is 0.781. The lowest BCUT2D eigenvalue weighted by Crippen LogP contribution is -2.28. The smallest absolute Gasteiger partial charge is 0.178 e. The normalized spacial score (nSPS) is 27.4. The maximum absolute atomic E-state index is 12.2. The van der Waals surface area contributed by atoms with E-state index in [0.717, 1.165) is 24.9 Å². The number of carbonyl (C=O) groups excluding carboxylic acids is 1. The summed E-state index contributed by atoms with van der Waals surface area (Å²) in [6, 6.07) is 7.34. The van der Waals surface area contributed by atoms with Crippen LogP contribution in [0.1, 0.15) is 29.6 Å². The van der Waals surface area contributed by atoms with Crippen LogP contribution in [0.3, 0.4) is 0 Å². The summed E-state index contributed by atoms with van der Waals surface area (Å²) >= 11 is 6.06. The van der Waals surface area contributed by atoms with E-state index < -0.39 is 0 Å². The van der Waals surface area contributed by atoms with Crippen LogP contribution in [0.25, 0.3) is 0 Å². The molecule has 0 spiro atoms. The number of carbonyl (C=O) groups is 1. The van der Waals surface area contributed by atoms with Gasteiger partial charge in [-0.2, -0.15) is 0 Å². The number of rotatable bonds is 3. The van der Waals surface area contributed by atoms with E-state index in [0.29, 0.717) is 17.1 Å². The summed E-state index contributed by atoms with van der Waals surface area (Å²) in [6.07, 6.45) is 4.07. The molecule has 1 aliphatic carbocycles. The van der Waals surface area contributed by atoms with Crippen LogP contribution in [0.15, 0.2) is 24.3 Å². The number of fused-ring (bicyclic) bond motifs is 1. The fourth-order valence-corrected chi connectivity index (χ4v) is 3.68. The molecule has 1 saturated heterocycles. The third-order valence-corrected chi connectivity index (χ3v) is 4.67. The summed E-state index contributed by atoms with van der Waals surface area (Å²) in [5.41, 5.74) is 0.663. The SMILES string of the molecule is O=C(CN1CC2CCCC2C1)c1ccccc1Cl. The second-order valence-electron chi connectivity index (χ2n) is 5.55. The molecule has 1 saturated carbocycles. The van der Waals surface area contributed by atoms with Crippen molar-refractivity contribution in [3.8, 4) is 0 Å². The molecule has 0 radical (unpaired) electrons. The minimum absolute atomic E-state index is 0.153. The first-order valence-electron chi connectivity index (χ1n) is 6.74. The first-order chi connectivity index (χ1) is 8.74. The molecule has 1 aromatic rings. The Kier molecular flexibility index (Phi) is 3.40. The summed E-state index contributed by atoms with van der Waals surface area (Å²) < 4.78 is 0. The predicted octanol–water partition coefficient (Wildman–Crippen LogP) is 3.25. The molecule has 0 aromatic heterocycles. The van der Waals surface area contributed by atoms with E-state index >= 15 is 0 Å². The van der Waals surface area contributed by atoms with Gasteiger partial charge in [0.05, 0.1) is 11.6 Å². The molecule has 18 heavy (non-hydrogen) atoms. The van der Waals surface area contributed by atoms with Gasteiger partial charge in [-0.3, -0.25) is 9.69 Å². The molecular formula is C15H18ClNO. The van der Waals surface area contributed by atoms with Gasteiger partial charge in [-0.1, -0.05) is 30.2 Å². The summed E-state index contributed by atoms with van der Waals surface area (Å²) in [7, 11) is 0. The van der Waals surface area contributed by atoms with Crippen molar-refractivity contribution in [1.29, 1.82) is 0 Å². The maximum atomic E-state index is 12.2. The van der Waals surface area contributed by atoms with Crippen LogP contribution < -0.4 is 0 Å². The second-order valence-corrected chi connectivity index (χ2v) is 5.96. The van der Waals surface area contributed by atoms with Crippen LogP contribution in [0.5, 0.6) is 0 Å². The van der Waals surface area contributed by atoms with Gasteiger partial charge in [0.1, 0.15) is 0 Å². The molecule has 0 N–H and O–H groups in total. The van der Waals surface area contributed by atoms with Gasteiger partial charge in [-0.05, 0) is 36.8 Å². The Morgan fingerprint density at radius 3 is 2.56 bits per heavy atom. The molecule has 2 atom stereocenters. The van der Waals surface area contributed by atoms with Gasteiger partial charge in [0.15, 0.2) is 5.78 Å². The van der Waals surface area contributed by atoms with Crippen LogP contribution in [0, 0.1) is 11.8 Å². The van der Waals surface area contributed by atoms with E-state index in [1.54, 1.807) is 6.07 Å². The molecule has 0 amide bonds. The maximum Gasteiger partial charge on any atom is 0.178 e. The van der Waals surface area contributed by atoms with Crippen molar-refractivity contribution >= 4 is 17.4 Å². The number of hydrogen-bond acceptors (Lipinski definition) is 2. The number of nitrogens with zero attached hydrogens (tertiary/aromatic N) is 1. The van der Waals surface area contributed by atoms with Gasteiger partial charge in [-0.15, -0.1) is 0 Å². The molecule has 3 heteroatoms. The molecular weight excluding hydrogens is 246 g/mol. The zero-order chi connectivity index (χ0) is 12.5. The minimum Gasteiger partial charge on any atom is -0.295 e. The monoisotopic (exact) mass is 263 g/mol. The molecule has 1 heterocycles. The van der Waals surface area contributed by atoms with Crippen LogP contribution in [0.2, 0.25) is 5.02 Å². The Balaban J connectivity index is 1.64. The molecule has 0 bridgehead atoms. The highest BCUT2D eigenvalue weighted by molar-refractivity contribution is 6.34. The standard InChI is InChI=1S/C15H18ClNO/c16-14-7-2-1-6-13(14)15(18)10-17-8-11-4-3-5-12(11)9-17/h1-2,6-7,11-12H,3-5,8-10H2. The Morgan fingerprint density at radius 1 is 1.22 bits per heavy atom. The van der Waals surface area contributed by atoms with Crippen molar-refractivity contribution in [3.63, 3.8) is 0 Å². The fourth-order valence-electron chi connectivity index (χ4n) is 3.44. The lowest BCUT2D eigenvalue weighted by atomic mass is 10.0. The Labute approximate surface area is 113 Å². The number of Topliss-reactive ketones (excluding diaryl/α,β-unsaturated/α-hetero) is 1. The van der Waals surface area contributed by atoms with Gasteiger partial charge < -0.3 is 0 Å². The highest BCUT2D eigenvalue weighted by Gasteiger charge is 2.36. The third-order valence-electron chi connectivity index (χ3n) is 4.34. The van der Waals surface area contributed by atoms with Crippen molar-refractivity contribution in [2.24, 2.45) is 11.8 Å². The molecule has 96 valence electrons. The van der Waals surface area contributed by atoms with Gasteiger partial charge in [0, 0.05) is 18.7 Å². The summed E-state index contributed by atoms with van der Waals surface area (Å²) in [5.74, 6) is 1.83. The topological polar surface area (TPSA) is 20.3 Å². The summed E-state index contributed by atoms with van der Waals surface area (Å²) in [4.78, 5) is 14.5. The zero-order valence-electron chi connectivity index (χ0n) is 10.4. The molecule has 1 aromatic carbocycles. The van der Waals surface area contributed by atoms with Crippen LogP contribution >= 0.6 is 11.6 Å². The Bertz CT molecular complexity index is 448. The molecule has 2 nitrogen and oxygen atoms in total. The van der Waals surface area contributed by atoms with Crippen LogP contribution in [-0.2, 0) is 0 Å². The molecule has 2 aliphatic rings. The van der Waals surface area contributed by atoms with Gasteiger partial charge in [0.2, 0.25) is 0 Å². The molecule has 1 aliphatic heterocycles. The van der Waals surface area contributed by atoms with E-state index in [1.165, 1.54) is 19.3 Å². The van der Waals surface area contributed by atoms with E-state index in [4.69, 9.17) is 11.6 Å². The number of likely N-dealkylation sites (tertiary alicyclic amines) is 1. The highest BCUT2D eigenvalue weighted by Crippen LogP contribution is 2.37. The lowest BCUT2D eigenvalue weighted by Gasteiger charge is -2.16. The molecule has 2 unspecified atom stereocenters.